The maximum absolute atomic E-state index is 11.0. The van der Waals surface area contributed by atoms with Gasteiger partial charge in [0.25, 0.3) is 0 Å². The molecule has 3 rings (SSSR count). The number of nitro groups is 1. The maximum atomic E-state index is 11.0. The van der Waals surface area contributed by atoms with E-state index in [4.69, 9.17) is 10.6 Å². The Morgan fingerprint density at radius 2 is 2.32 bits per heavy atom. The van der Waals surface area contributed by atoms with E-state index in [2.05, 4.69) is 15.7 Å². The lowest BCUT2D eigenvalue weighted by molar-refractivity contribution is -0.384. The Hall–Kier alpha value is -1.93. The smallest absolute Gasteiger partial charge is 0.311 e. The Bertz CT molecular complexity index is 509. The molecular formula is C11H15N5O3. The van der Waals surface area contributed by atoms with Gasteiger partial charge in [0.2, 0.25) is 5.82 Å². The molecule has 3 heterocycles. The monoisotopic (exact) mass is 265 g/mol. The highest BCUT2D eigenvalue weighted by Gasteiger charge is 2.41. The molecule has 1 aromatic heterocycles. The summed E-state index contributed by atoms with van der Waals surface area (Å²) in [7, 11) is 0. The predicted molar refractivity (Wildman–Crippen MR) is 68.6 cm³/mol. The van der Waals surface area contributed by atoms with Gasteiger partial charge in [-0.3, -0.25) is 10.1 Å². The zero-order valence-electron chi connectivity index (χ0n) is 10.2. The van der Waals surface area contributed by atoms with Crippen molar-refractivity contribution in [1.82, 2.24) is 4.98 Å². The lowest BCUT2D eigenvalue weighted by Crippen LogP contribution is -2.31. The van der Waals surface area contributed by atoms with E-state index in [0.29, 0.717) is 5.82 Å². The van der Waals surface area contributed by atoms with Gasteiger partial charge in [-0.25, -0.2) is 10.8 Å². The van der Waals surface area contributed by atoms with Crippen molar-refractivity contribution in [1.29, 1.82) is 0 Å². The summed E-state index contributed by atoms with van der Waals surface area (Å²) in [6.07, 6.45) is 3.33. The summed E-state index contributed by atoms with van der Waals surface area (Å²) in [5.74, 6) is 5.90. The van der Waals surface area contributed by atoms with Crippen molar-refractivity contribution in [2.45, 2.75) is 37.5 Å². The van der Waals surface area contributed by atoms with Crippen LogP contribution >= 0.6 is 0 Å². The Kier molecular flexibility index (Phi) is 2.96. The Labute approximate surface area is 109 Å². The van der Waals surface area contributed by atoms with Crippen LogP contribution in [0.4, 0.5) is 17.3 Å². The number of anilines is 2. The predicted octanol–water partition coefficient (Wildman–Crippen LogP) is 1.01. The number of nitrogen functional groups attached to an aromatic ring is 1. The molecule has 8 heteroatoms. The van der Waals surface area contributed by atoms with E-state index in [1.54, 1.807) is 0 Å². The molecule has 0 amide bonds. The summed E-state index contributed by atoms with van der Waals surface area (Å²) < 4.78 is 5.71. The van der Waals surface area contributed by atoms with E-state index in [1.807, 2.05) is 0 Å². The van der Waals surface area contributed by atoms with Gasteiger partial charge in [0.15, 0.2) is 0 Å². The molecule has 19 heavy (non-hydrogen) atoms. The minimum Gasteiger partial charge on any atom is -0.373 e. The van der Waals surface area contributed by atoms with E-state index >= 15 is 0 Å². The minimum atomic E-state index is -0.455. The minimum absolute atomic E-state index is 0.0539. The quantitative estimate of drug-likeness (QED) is 0.422. The Balaban J connectivity index is 1.84. The Morgan fingerprint density at radius 1 is 1.47 bits per heavy atom. The van der Waals surface area contributed by atoms with Crippen LogP contribution in [0.5, 0.6) is 0 Å². The van der Waals surface area contributed by atoms with Gasteiger partial charge in [-0.2, -0.15) is 0 Å². The summed E-state index contributed by atoms with van der Waals surface area (Å²) in [5, 5.41) is 14.1. The Morgan fingerprint density at radius 3 is 2.89 bits per heavy atom. The van der Waals surface area contributed by atoms with Gasteiger partial charge < -0.3 is 15.5 Å². The molecule has 3 atom stereocenters. The van der Waals surface area contributed by atoms with Crippen molar-refractivity contribution in [3.05, 3.63) is 22.2 Å². The van der Waals surface area contributed by atoms with Gasteiger partial charge in [-0.15, -0.1) is 0 Å². The van der Waals surface area contributed by atoms with Gasteiger partial charge in [0.1, 0.15) is 5.82 Å². The lowest BCUT2D eigenvalue weighted by Gasteiger charge is -2.20. The summed E-state index contributed by atoms with van der Waals surface area (Å²) in [6.45, 7) is 0. The zero-order valence-corrected chi connectivity index (χ0v) is 10.2. The standard InChI is InChI=1S/C11H15N5O3/c12-15-10-4-2-8(16(17)18)11(14-10)13-7-5-6-1-3-9(7)19-6/h2,4,6-7,9H,1,3,5,12H2,(H2,13,14,15). The molecule has 2 fully saturated rings. The molecule has 3 unspecified atom stereocenters. The number of hydrogen-bond acceptors (Lipinski definition) is 7. The van der Waals surface area contributed by atoms with Gasteiger partial charge in [0, 0.05) is 6.07 Å². The normalized spacial score (nSPS) is 28.4. The first-order valence-corrected chi connectivity index (χ1v) is 6.21. The number of pyridine rings is 1. The fourth-order valence-electron chi connectivity index (χ4n) is 2.75. The summed E-state index contributed by atoms with van der Waals surface area (Å²) in [6, 6.07) is 2.94. The molecule has 2 aliphatic rings. The number of hydrazine groups is 1. The van der Waals surface area contributed by atoms with Crippen molar-refractivity contribution in [3.63, 3.8) is 0 Å². The van der Waals surface area contributed by atoms with E-state index in [0.717, 1.165) is 19.3 Å². The number of nitrogens with zero attached hydrogens (tertiary/aromatic N) is 2. The average molecular weight is 265 g/mol. The number of nitrogens with two attached hydrogens (primary N) is 1. The molecule has 4 N–H and O–H groups in total. The van der Waals surface area contributed by atoms with Crippen LogP contribution in [-0.4, -0.2) is 28.2 Å². The van der Waals surface area contributed by atoms with Crippen molar-refractivity contribution in [3.8, 4) is 0 Å². The molecule has 1 aromatic rings. The first-order chi connectivity index (χ1) is 9.17. The van der Waals surface area contributed by atoms with Crippen LogP contribution in [-0.2, 0) is 4.74 Å². The van der Waals surface area contributed by atoms with E-state index in [1.165, 1.54) is 12.1 Å². The van der Waals surface area contributed by atoms with Gasteiger partial charge in [-0.1, -0.05) is 0 Å². The fraction of sp³-hybridized carbons (Fsp3) is 0.545. The van der Waals surface area contributed by atoms with Crippen molar-refractivity contribution >= 4 is 17.3 Å². The zero-order chi connectivity index (χ0) is 13.4. The van der Waals surface area contributed by atoms with Crippen LogP contribution < -0.4 is 16.6 Å². The highest BCUT2D eigenvalue weighted by molar-refractivity contribution is 5.60. The highest BCUT2D eigenvalue weighted by atomic mass is 16.6. The molecule has 0 spiro atoms. The van der Waals surface area contributed by atoms with Crippen molar-refractivity contribution in [2.24, 2.45) is 5.84 Å². The van der Waals surface area contributed by atoms with Crippen molar-refractivity contribution < 1.29 is 9.66 Å². The fourth-order valence-corrected chi connectivity index (χ4v) is 2.75. The molecule has 0 aliphatic carbocycles. The van der Waals surface area contributed by atoms with E-state index < -0.39 is 4.92 Å². The third kappa shape index (κ3) is 2.20. The highest BCUT2D eigenvalue weighted by Crippen LogP contribution is 2.37. The summed E-state index contributed by atoms with van der Waals surface area (Å²) in [4.78, 5) is 14.7. The van der Waals surface area contributed by atoms with Gasteiger partial charge >= 0.3 is 5.69 Å². The van der Waals surface area contributed by atoms with Crippen LogP contribution in [0.15, 0.2) is 12.1 Å². The first kappa shape index (κ1) is 12.1. The maximum Gasteiger partial charge on any atom is 0.311 e. The van der Waals surface area contributed by atoms with Gasteiger partial charge in [-0.05, 0) is 25.3 Å². The number of ether oxygens (including phenoxy) is 1. The van der Waals surface area contributed by atoms with Crippen LogP contribution in [0, 0.1) is 10.1 Å². The van der Waals surface area contributed by atoms with E-state index in [-0.39, 0.29) is 29.8 Å². The average Bonchev–Trinajstić information content (AvgIpc) is 3.00. The molecule has 0 saturated carbocycles. The van der Waals surface area contributed by atoms with Crippen LogP contribution in [0.1, 0.15) is 19.3 Å². The first-order valence-electron chi connectivity index (χ1n) is 6.21. The van der Waals surface area contributed by atoms with Crippen LogP contribution in [0.2, 0.25) is 0 Å². The third-order valence-corrected chi connectivity index (χ3v) is 3.65. The number of aromatic nitrogens is 1. The van der Waals surface area contributed by atoms with Crippen LogP contribution in [0.3, 0.4) is 0 Å². The van der Waals surface area contributed by atoms with Crippen LogP contribution in [0.25, 0.3) is 0 Å². The largest absolute Gasteiger partial charge is 0.373 e. The summed E-state index contributed by atoms with van der Waals surface area (Å²) in [5.41, 5.74) is 2.33. The lowest BCUT2D eigenvalue weighted by atomic mass is 9.95. The molecule has 0 radical (unpaired) electrons. The molecule has 102 valence electrons. The van der Waals surface area contributed by atoms with Crippen molar-refractivity contribution in [2.75, 3.05) is 10.7 Å². The summed E-state index contributed by atoms with van der Waals surface area (Å²) >= 11 is 0. The number of nitrogens with one attached hydrogen (secondary N) is 2. The second-order valence-corrected chi connectivity index (χ2v) is 4.83. The molecule has 2 aliphatic heterocycles. The molecule has 2 bridgehead atoms. The SMILES string of the molecule is NNc1ccc([N+](=O)[O-])c(NC2CC3CCC2O3)n1. The third-order valence-electron chi connectivity index (χ3n) is 3.65. The molecule has 2 saturated heterocycles. The number of fused-ring (bicyclic) bond motifs is 2. The number of rotatable bonds is 4. The molecule has 0 aromatic carbocycles. The topological polar surface area (TPSA) is 115 Å². The van der Waals surface area contributed by atoms with Gasteiger partial charge in [0.05, 0.1) is 23.2 Å². The number of hydrogen-bond donors (Lipinski definition) is 3. The molecular weight excluding hydrogens is 250 g/mol. The molecule has 8 nitrogen and oxygen atoms in total. The second kappa shape index (κ2) is 4.63. The second-order valence-electron chi connectivity index (χ2n) is 4.83. The van der Waals surface area contributed by atoms with E-state index in [9.17, 15) is 10.1 Å².